The van der Waals surface area contributed by atoms with Crippen LogP contribution in [0.4, 0.5) is 0 Å². The summed E-state index contributed by atoms with van der Waals surface area (Å²) in [6.45, 7) is 0.350. The second-order valence-electron chi connectivity index (χ2n) is 9.84. The lowest BCUT2D eigenvalue weighted by atomic mass is 9.84. The average molecular weight is 551 g/mol. The fraction of sp³-hybridized carbons (Fsp3) is 0.556. The van der Waals surface area contributed by atoms with Gasteiger partial charge in [-0.2, -0.15) is 0 Å². The van der Waals surface area contributed by atoms with Gasteiger partial charge in [0.25, 0.3) is 0 Å². The van der Waals surface area contributed by atoms with E-state index in [0.717, 1.165) is 11.1 Å². The first-order chi connectivity index (χ1) is 18.8. The first-order valence-electron chi connectivity index (χ1n) is 12.6. The molecule has 12 nitrogen and oxygen atoms in total. The standard InChI is InChI=1S/C27H34O12/c1-33-17-6-12(4-5-16(17)38-27-24(32)23(31)22(30)20(9-28)39-27)25-14-10-37-26(15(14)11-36-25)13-7-18(34-2)21(29)19(8-13)35-3/h4-8,14-15,20,22-32H,9-11H2,1-3H3/t14-,15-,20-,22-,23+,24-,25+,26+,27+/m0/s1. The molecule has 3 aliphatic rings. The summed E-state index contributed by atoms with van der Waals surface area (Å²) in [5, 5.41) is 50.1. The van der Waals surface area contributed by atoms with E-state index in [1.165, 1.54) is 21.3 Å². The van der Waals surface area contributed by atoms with Gasteiger partial charge in [0.2, 0.25) is 12.0 Å². The van der Waals surface area contributed by atoms with Gasteiger partial charge in [-0.25, -0.2) is 0 Å². The third-order valence-corrected chi connectivity index (χ3v) is 7.70. The van der Waals surface area contributed by atoms with Gasteiger partial charge in [-0.15, -0.1) is 0 Å². The van der Waals surface area contributed by atoms with Gasteiger partial charge in [-0.05, 0) is 35.4 Å². The molecule has 0 saturated carbocycles. The monoisotopic (exact) mass is 550 g/mol. The van der Waals surface area contributed by atoms with Crippen molar-refractivity contribution >= 4 is 0 Å². The van der Waals surface area contributed by atoms with Crippen molar-refractivity contribution in [2.24, 2.45) is 11.8 Å². The summed E-state index contributed by atoms with van der Waals surface area (Å²) in [5.74, 6) is 1.20. The minimum absolute atomic E-state index is 0.0442. The zero-order valence-electron chi connectivity index (χ0n) is 21.8. The Morgan fingerprint density at radius 1 is 0.744 bits per heavy atom. The van der Waals surface area contributed by atoms with Crippen molar-refractivity contribution in [1.29, 1.82) is 0 Å². The SMILES string of the molecule is COc1cc([C@H]2OC[C@H]3[C@@H]2CO[C@@H]3c2cc(OC)c(O)c(OC)c2)ccc1O[C@@H]1O[C@@H](CO)[C@H](O)[C@@H](O)[C@@H]1O. The van der Waals surface area contributed by atoms with Crippen LogP contribution in [-0.2, 0) is 14.2 Å². The number of rotatable bonds is 8. The number of aliphatic hydroxyl groups is 4. The molecule has 3 heterocycles. The van der Waals surface area contributed by atoms with E-state index in [4.69, 9.17) is 33.2 Å². The molecule has 3 fully saturated rings. The van der Waals surface area contributed by atoms with Gasteiger partial charge < -0.3 is 58.7 Å². The number of aromatic hydroxyl groups is 1. The summed E-state index contributed by atoms with van der Waals surface area (Å²) in [7, 11) is 4.42. The van der Waals surface area contributed by atoms with Crippen molar-refractivity contribution < 1.29 is 58.7 Å². The van der Waals surface area contributed by atoms with Gasteiger partial charge in [-0.3, -0.25) is 0 Å². The van der Waals surface area contributed by atoms with Crippen LogP contribution < -0.4 is 18.9 Å². The summed E-state index contributed by atoms with van der Waals surface area (Å²) in [6, 6.07) is 8.72. The lowest BCUT2D eigenvalue weighted by Gasteiger charge is -2.39. The van der Waals surface area contributed by atoms with Crippen LogP contribution in [0.2, 0.25) is 0 Å². The minimum atomic E-state index is -1.56. The van der Waals surface area contributed by atoms with E-state index in [0.29, 0.717) is 30.5 Å². The molecule has 0 aliphatic carbocycles. The third-order valence-electron chi connectivity index (χ3n) is 7.70. The number of ether oxygens (including phenoxy) is 7. The highest BCUT2D eigenvalue weighted by molar-refractivity contribution is 5.53. The second kappa shape index (κ2) is 11.3. The lowest BCUT2D eigenvalue weighted by molar-refractivity contribution is -0.277. The van der Waals surface area contributed by atoms with Crippen molar-refractivity contribution in [2.45, 2.75) is 42.9 Å². The van der Waals surface area contributed by atoms with E-state index < -0.39 is 37.3 Å². The predicted molar refractivity (Wildman–Crippen MR) is 133 cm³/mol. The quantitative estimate of drug-likeness (QED) is 0.312. The Bertz CT molecular complexity index is 1130. The number of hydrogen-bond donors (Lipinski definition) is 5. The summed E-state index contributed by atoms with van der Waals surface area (Å²) in [5.41, 5.74) is 1.66. The molecule has 0 unspecified atom stereocenters. The summed E-state index contributed by atoms with van der Waals surface area (Å²) in [4.78, 5) is 0. The molecule has 2 aromatic carbocycles. The number of fused-ring (bicyclic) bond motifs is 1. The van der Waals surface area contributed by atoms with Gasteiger partial charge in [0, 0.05) is 11.8 Å². The number of phenols is 1. The Morgan fingerprint density at radius 3 is 1.87 bits per heavy atom. The van der Waals surface area contributed by atoms with E-state index >= 15 is 0 Å². The summed E-state index contributed by atoms with van der Waals surface area (Å²) < 4.78 is 39.8. The molecule has 0 amide bonds. The van der Waals surface area contributed by atoms with Gasteiger partial charge >= 0.3 is 0 Å². The average Bonchev–Trinajstić information content (AvgIpc) is 3.56. The first-order valence-corrected chi connectivity index (χ1v) is 12.6. The Kier molecular flexibility index (Phi) is 8.06. The molecule has 39 heavy (non-hydrogen) atoms. The molecule has 3 saturated heterocycles. The van der Waals surface area contributed by atoms with Crippen molar-refractivity contribution in [1.82, 2.24) is 0 Å². The zero-order chi connectivity index (χ0) is 27.8. The van der Waals surface area contributed by atoms with Crippen molar-refractivity contribution in [3.8, 4) is 28.7 Å². The highest BCUT2D eigenvalue weighted by Gasteiger charge is 2.49. The topological polar surface area (TPSA) is 166 Å². The van der Waals surface area contributed by atoms with Crippen LogP contribution in [0.3, 0.4) is 0 Å². The largest absolute Gasteiger partial charge is 0.502 e. The third kappa shape index (κ3) is 4.97. The summed E-state index contributed by atoms with van der Waals surface area (Å²) in [6.07, 6.45) is -7.57. The van der Waals surface area contributed by atoms with Crippen LogP contribution in [0.1, 0.15) is 23.3 Å². The van der Waals surface area contributed by atoms with Gasteiger partial charge in [-0.1, -0.05) is 6.07 Å². The van der Waals surface area contributed by atoms with Crippen molar-refractivity contribution in [2.75, 3.05) is 41.2 Å². The molecular weight excluding hydrogens is 516 g/mol. The fourth-order valence-corrected chi connectivity index (χ4v) is 5.56. The van der Waals surface area contributed by atoms with Gasteiger partial charge in [0.05, 0.1) is 53.4 Å². The fourth-order valence-electron chi connectivity index (χ4n) is 5.56. The van der Waals surface area contributed by atoms with E-state index in [9.17, 15) is 25.5 Å². The maximum Gasteiger partial charge on any atom is 0.229 e. The van der Waals surface area contributed by atoms with E-state index in [1.54, 1.807) is 24.3 Å². The van der Waals surface area contributed by atoms with Crippen LogP contribution in [0.25, 0.3) is 0 Å². The predicted octanol–water partition coefficient (Wildman–Crippen LogP) is 0.672. The molecule has 5 rings (SSSR count). The molecular formula is C27H34O12. The zero-order valence-corrected chi connectivity index (χ0v) is 21.8. The van der Waals surface area contributed by atoms with E-state index in [1.807, 2.05) is 6.07 Å². The van der Waals surface area contributed by atoms with Gasteiger partial charge in [0.15, 0.2) is 23.0 Å². The van der Waals surface area contributed by atoms with Crippen LogP contribution >= 0.6 is 0 Å². The molecule has 9 atom stereocenters. The number of hydrogen-bond acceptors (Lipinski definition) is 12. The molecule has 0 aromatic heterocycles. The number of phenolic OH excluding ortho intramolecular Hbond substituents is 1. The maximum atomic E-state index is 10.3. The van der Waals surface area contributed by atoms with Crippen molar-refractivity contribution in [3.05, 3.63) is 41.5 Å². The first kappa shape index (κ1) is 27.7. The number of benzene rings is 2. The second-order valence-corrected chi connectivity index (χ2v) is 9.84. The number of aliphatic hydroxyl groups excluding tert-OH is 4. The highest BCUT2D eigenvalue weighted by Crippen LogP contribution is 2.52. The Labute approximate surface area is 225 Å². The molecule has 2 aromatic rings. The maximum absolute atomic E-state index is 10.3. The van der Waals surface area contributed by atoms with E-state index in [2.05, 4.69) is 0 Å². The Hall–Kier alpha value is -2.84. The lowest BCUT2D eigenvalue weighted by Crippen LogP contribution is -2.60. The van der Waals surface area contributed by atoms with Crippen LogP contribution in [0.15, 0.2) is 30.3 Å². The molecule has 12 heteroatoms. The van der Waals surface area contributed by atoms with Crippen LogP contribution in [-0.4, -0.2) is 97.4 Å². The highest BCUT2D eigenvalue weighted by atomic mass is 16.7. The molecule has 214 valence electrons. The molecule has 5 N–H and O–H groups in total. The molecule has 3 aliphatic heterocycles. The molecule has 0 spiro atoms. The smallest absolute Gasteiger partial charge is 0.229 e. The van der Waals surface area contributed by atoms with E-state index in [-0.39, 0.29) is 35.5 Å². The Balaban J connectivity index is 1.33. The van der Waals surface area contributed by atoms with Crippen molar-refractivity contribution in [3.63, 3.8) is 0 Å². The molecule has 0 bridgehead atoms. The molecule has 0 radical (unpaired) electrons. The van der Waals surface area contributed by atoms with Crippen LogP contribution in [0.5, 0.6) is 28.7 Å². The summed E-state index contributed by atoms with van der Waals surface area (Å²) >= 11 is 0. The normalized spacial score (nSPS) is 34.0. The Morgan fingerprint density at radius 2 is 1.31 bits per heavy atom. The van der Waals surface area contributed by atoms with Gasteiger partial charge in [0.1, 0.15) is 24.4 Å². The number of methoxy groups -OCH3 is 3. The van der Waals surface area contributed by atoms with Crippen LogP contribution in [0, 0.1) is 11.8 Å². The minimum Gasteiger partial charge on any atom is -0.502 e.